The van der Waals surface area contributed by atoms with Crippen molar-refractivity contribution in [2.75, 3.05) is 13.7 Å². The van der Waals surface area contributed by atoms with E-state index in [-0.39, 0.29) is 19.0 Å². The number of nitrogens with zero attached hydrogens (tertiary/aromatic N) is 1. The molecule has 0 aliphatic heterocycles. The zero-order chi connectivity index (χ0) is 30.6. The number of H-pyrrole nitrogens is 1. The fraction of sp³-hybridized carbons (Fsp3) is 0.343. The number of hydrogen-bond acceptors (Lipinski definition) is 4. The number of aromatic amines is 1. The van der Waals surface area contributed by atoms with Crippen molar-refractivity contribution in [1.82, 2.24) is 15.2 Å². The summed E-state index contributed by atoms with van der Waals surface area (Å²) < 4.78 is 5.21. The maximum Gasteiger partial charge on any atom is 0.324 e. The van der Waals surface area contributed by atoms with Crippen LogP contribution in [0.1, 0.15) is 61.8 Å². The number of carboxylic acid groups (broad SMARTS) is 1. The molecule has 0 bridgehead atoms. The number of aliphatic carboxylic acids is 1. The molecule has 0 aliphatic carbocycles. The maximum atomic E-state index is 13.6. The van der Waals surface area contributed by atoms with E-state index in [9.17, 15) is 19.5 Å². The lowest BCUT2D eigenvalue weighted by Crippen LogP contribution is -2.48. The first kappa shape index (κ1) is 31.3. The van der Waals surface area contributed by atoms with Gasteiger partial charge in [0.2, 0.25) is 5.91 Å². The predicted molar refractivity (Wildman–Crippen MR) is 168 cm³/mol. The van der Waals surface area contributed by atoms with Gasteiger partial charge in [0.15, 0.2) is 0 Å². The summed E-state index contributed by atoms with van der Waals surface area (Å²) in [7, 11) is 1.64. The van der Waals surface area contributed by atoms with Crippen LogP contribution in [0, 0.1) is 5.92 Å². The molecule has 4 aromatic rings. The summed E-state index contributed by atoms with van der Waals surface area (Å²) in [5, 5.41) is 13.7. The minimum atomic E-state index is -1.05. The van der Waals surface area contributed by atoms with Crippen LogP contribution in [-0.2, 0) is 22.4 Å². The molecule has 43 heavy (non-hydrogen) atoms. The Morgan fingerprint density at radius 3 is 2.35 bits per heavy atom. The van der Waals surface area contributed by atoms with Crippen molar-refractivity contribution < 1.29 is 24.2 Å². The average molecular weight is 584 g/mol. The van der Waals surface area contributed by atoms with Gasteiger partial charge in [0.1, 0.15) is 5.75 Å². The molecule has 8 heteroatoms. The van der Waals surface area contributed by atoms with Gasteiger partial charge in [-0.05, 0) is 67.5 Å². The molecule has 3 aromatic carbocycles. The molecule has 0 spiro atoms. The van der Waals surface area contributed by atoms with E-state index >= 15 is 0 Å². The van der Waals surface area contributed by atoms with Gasteiger partial charge in [0, 0.05) is 29.6 Å². The summed E-state index contributed by atoms with van der Waals surface area (Å²) in [6, 6.07) is 24.7. The van der Waals surface area contributed by atoms with E-state index in [1.54, 1.807) is 14.0 Å². The quantitative estimate of drug-likeness (QED) is 0.132. The number of carbonyl (C=O) groups excluding carboxylic acids is 2. The van der Waals surface area contributed by atoms with Gasteiger partial charge in [-0.1, -0.05) is 73.5 Å². The summed E-state index contributed by atoms with van der Waals surface area (Å²) >= 11 is 0. The molecule has 0 radical (unpaired) electrons. The van der Waals surface area contributed by atoms with Crippen LogP contribution in [0.3, 0.4) is 0 Å². The van der Waals surface area contributed by atoms with Crippen LogP contribution in [0.2, 0.25) is 0 Å². The van der Waals surface area contributed by atoms with Gasteiger partial charge in [-0.2, -0.15) is 0 Å². The van der Waals surface area contributed by atoms with Crippen LogP contribution in [0.25, 0.3) is 10.9 Å². The van der Waals surface area contributed by atoms with E-state index in [2.05, 4.69) is 10.3 Å². The first-order chi connectivity index (χ1) is 20.9. The van der Waals surface area contributed by atoms with E-state index in [1.165, 1.54) is 5.56 Å². The lowest BCUT2D eigenvalue weighted by atomic mass is 9.95. The molecular weight excluding hydrogens is 542 g/mol. The fourth-order valence-electron chi connectivity index (χ4n) is 5.52. The number of para-hydroxylation sites is 1. The van der Waals surface area contributed by atoms with Crippen LogP contribution in [0.15, 0.2) is 85.1 Å². The molecule has 3 amide bonds. The Labute approximate surface area is 253 Å². The zero-order valence-corrected chi connectivity index (χ0v) is 24.9. The Hall–Kier alpha value is -4.59. The van der Waals surface area contributed by atoms with Gasteiger partial charge in [0.05, 0.1) is 19.6 Å². The first-order valence-corrected chi connectivity index (χ1v) is 15.0. The number of nitrogens with one attached hydrogen (secondary N) is 2. The highest BCUT2D eigenvalue weighted by molar-refractivity contribution is 5.97. The number of carbonyl (C=O) groups is 3. The second-order valence-corrected chi connectivity index (χ2v) is 10.8. The highest BCUT2D eigenvalue weighted by Crippen LogP contribution is 2.26. The number of amides is 3. The molecule has 2 atom stereocenters. The second kappa shape index (κ2) is 15.6. The van der Waals surface area contributed by atoms with Gasteiger partial charge in [-0.3, -0.25) is 14.5 Å². The van der Waals surface area contributed by atoms with Gasteiger partial charge >= 0.3 is 12.0 Å². The number of carboxylic acids is 1. The summed E-state index contributed by atoms with van der Waals surface area (Å²) in [5.41, 5.74) is 4.19. The van der Waals surface area contributed by atoms with Crippen LogP contribution in [-0.4, -0.2) is 46.6 Å². The molecule has 0 saturated carbocycles. The molecule has 0 aliphatic rings. The van der Waals surface area contributed by atoms with Crippen molar-refractivity contribution in [3.8, 4) is 5.75 Å². The fourth-order valence-corrected chi connectivity index (χ4v) is 5.52. The molecule has 0 fully saturated rings. The minimum Gasteiger partial charge on any atom is -0.497 e. The summed E-state index contributed by atoms with van der Waals surface area (Å²) in [5.74, 6) is -1.45. The van der Waals surface area contributed by atoms with Crippen molar-refractivity contribution in [3.63, 3.8) is 0 Å². The molecule has 8 nitrogen and oxygen atoms in total. The Bertz CT molecular complexity index is 1480. The molecule has 0 saturated heterocycles. The topological polar surface area (TPSA) is 112 Å². The van der Waals surface area contributed by atoms with E-state index < -0.39 is 23.8 Å². The first-order valence-electron chi connectivity index (χ1n) is 15.0. The summed E-state index contributed by atoms with van der Waals surface area (Å²) in [6.45, 7) is 1.88. The largest absolute Gasteiger partial charge is 0.497 e. The van der Waals surface area contributed by atoms with Gasteiger partial charge in [-0.15, -0.1) is 0 Å². The number of hydrogen-bond donors (Lipinski definition) is 3. The van der Waals surface area contributed by atoms with Crippen molar-refractivity contribution in [1.29, 1.82) is 0 Å². The third-order valence-corrected chi connectivity index (χ3v) is 7.87. The monoisotopic (exact) mass is 583 g/mol. The smallest absolute Gasteiger partial charge is 0.324 e. The van der Waals surface area contributed by atoms with E-state index in [1.807, 2.05) is 85.1 Å². The number of unbranched alkanes of at least 4 members (excludes halogenated alkanes) is 2. The Kier molecular flexibility index (Phi) is 11.4. The number of benzene rings is 3. The standard InChI is InChI=1S/C35H41N3O5/c1-3-38(34(41)27(23-33(39)40)15-9-4-6-12-25-18-20-29(43-2)21-19-25)35(42)37-32(26-13-7-5-8-14-26)22-28-24-36-31-17-11-10-16-30(28)31/h5,7-8,10-11,13-14,16-21,24,27,32,36H,3-4,6,9,12,15,22-23H2,1-2H3,(H,37,42)(H,39,40). The second-order valence-electron chi connectivity index (χ2n) is 10.8. The lowest BCUT2D eigenvalue weighted by molar-refractivity contribution is -0.143. The number of urea groups is 1. The number of ether oxygens (including phenoxy) is 1. The zero-order valence-electron chi connectivity index (χ0n) is 24.9. The van der Waals surface area contributed by atoms with Crippen molar-refractivity contribution in [2.45, 2.75) is 57.9 Å². The Morgan fingerprint density at radius 1 is 0.930 bits per heavy atom. The molecular formula is C35H41N3O5. The number of rotatable bonds is 15. The number of fused-ring (bicyclic) bond motifs is 1. The van der Waals surface area contributed by atoms with E-state index in [0.717, 1.165) is 51.9 Å². The summed E-state index contributed by atoms with van der Waals surface area (Å²) in [6.07, 6.45) is 5.95. The molecule has 1 heterocycles. The van der Waals surface area contributed by atoms with Crippen LogP contribution in [0.5, 0.6) is 5.75 Å². The highest BCUT2D eigenvalue weighted by Gasteiger charge is 2.30. The van der Waals surface area contributed by atoms with Crippen LogP contribution >= 0.6 is 0 Å². The van der Waals surface area contributed by atoms with Gasteiger partial charge < -0.3 is 20.1 Å². The molecule has 3 N–H and O–H groups in total. The normalized spacial score (nSPS) is 12.4. The maximum absolute atomic E-state index is 13.6. The third-order valence-electron chi connectivity index (χ3n) is 7.87. The Balaban J connectivity index is 1.40. The lowest BCUT2D eigenvalue weighted by Gasteiger charge is -2.27. The van der Waals surface area contributed by atoms with Crippen molar-refractivity contribution >= 4 is 28.8 Å². The SMILES string of the molecule is CCN(C(=O)NC(Cc1c[nH]c2ccccc12)c1ccccc1)C(=O)C(CCCCCc1ccc(OC)cc1)CC(=O)O. The number of imide groups is 1. The summed E-state index contributed by atoms with van der Waals surface area (Å²) in [4.78, 5) is 43.3. The minimum absolute atomic E-state index is 0.146. The third kappa shape index (κ3) is 8.70. The molecule has 1 aromatic heterocycles. The van der Waals surface area contributed by atoms with Crippen LogP contribution in [0.4, 0.5) is 4.79 Å². The van der Waals surface area contributed by atoms with Gasteiger partial charge in [-0.25, -0.2) is 4.79 Å². The number of aryl methyl sites for hydroxylation is 1. The molecule has 2 unspecified atom stereocenters. The average Bonchev–Trinajstić information content (AvgIpc) is 3.43. The highest BCUT2D eigenvalue weighted by atomic mass is 16.5. The van der Waals surface area contributed by atoms with E-state index in [4.69, 9.17) is 4.74 Å². The van der Waals surface area contributed by atoms with Crippen LogP contribution < -0.4 is 10.1 Å². The molecule has 4 rings (SSSR count). The number of methoxy groups -OCH3 is 1. The van der Waals surface area contributed by atoms with E-state index in [0.29, 0.717) is 19.3 Å². The number of aromatic nitrogens is 1. The molecule has 226 valence electrons. The Morgan fingerprint density at radius 2 is 1.65 bits per heavy atom. The van der Waals surface area contributed by atoms with Crippen molar-refractivity contribution in [3.05, 3.63) is 102 Å². The van der Waals surface area contributed by atoms with Crippen molar-refractivity contribution in [2.24, 2.45) is 5.92 Å². The van der Waals surface area contributed by atoms with Gasteiger partial charge in [0.25, 0.3) is 0 Å². The predicted octanol–water partition coefficient (Wildman–Crippen LogP) is 6.91.